The number of hydrogen-bond acceptors (Lipinski definition) is 7. The normalized spacial score (nSPS) is 15.9. The number of benzene rings is 1. The van der Waals surface area contributed by atoms with Crippen LogP contribution in [0.15, 0.2) is 30.6 Å². The number of nitrogen functional groups attached to an aromatic ring is 1. The van der Waals surface area contributed by atoms with Crippen LogP contribution in [0.5, 0.6) is 0 Å². The number of imidazole rings is 1. The van der Waals surface area contributed by atoms with Gasteiger partial charge in [0.25, 0.3) is 5.91 Å². The van der Waals surface area contributed by atoms with Crippen LogP contribution in [0.1, 0.15) is 44.6 Å². The zero-order valence-corrected chi connectivity index (χ0v) is 19.8. The van der Waals surface area contributed by atoms with Crippen molar-refractivity contribution in [1.82, 2.24) is 24.3 Å². The summed E-state index contributed by atoms with van der Waals surface area (Å²) in [6.45, 7) is 2.02. The van der Waals surface area contributed by atoms with Gasteiger partial charge in [-0.15, -0.1) is 0 Å². The van der Waals surface area contributed by atoms with E-state index in [0.29, 0.717) is 44.8 Å². The van der Waals surface area contributed by atoms with Crippen LogP contribution in [-0.2, 0) is 28.9 Å². The van der Waals surface area contributed by atoms with E-state index in [1.165, 1.54) is 18.1 Å². The fourth-order valence-electron chi connectivity index (χ4n) is 4.59. The molecule has 1 amide bonds. The summed E-state index contributed by atoms with van der Waals surface area (Å²) in [4.78, 5) is 27.8. The highest BCUT2D eigenvalue weighted by molar-refractivity contribution is 6.00. The summed E-state index contributed by atoms with van der Waals surface area (Å²) in [7, 11) is 3.10. The van der Waals surface area contributed by atoms with Crippen molar-refractivity contribution in [2.24, 2.45) is 0 Å². The minimum atomic E-state index is -4.57. The smallest absolute Gasteiger partial charge is 0.382 e. The lowest BCUT2D eigenvalue weighted by atomic mass is 9.99. The molecule has 0 spiro atoms. The Bertz CT molecular complexity index is 1500. The molecule has 188 valence electrons. The average molecular weight is 500 g/mol. The van der Waals surface area contributed by atoms with Crippen molar-refractivity contribution in [3.05, 3.63) is 64.4 Å². The monoisotopic (exact) mass is 500 g/mol. The summed E-state index contributed by atoms with van der Waals surface area (Å²) in [5, 5.41) is 0. The first kappa shape index (κ1) is 23.9. The number of ether oxygens (including phenoxy) is 2. The van der Waals surface area contributed by atoms with Gasteiger partial charge in [-0.2, -0.15) is 13.2 Å². The Labute approximate surface area is 203 Å². The van der Waals surface area contributed by atoms with Crippen LogP contribution in [0.3, 0.4) is 0 Å². The second-order valence-electron chi connectivity index (χ2n) is 8.65. The number of nitrogens with two attached hydrogens (primary N) is 1. The number of likely N-dealkylation sites (N-methyl/N-ethyl adjacent to an activating group) is 1. The van der Waals surface area contributed by atoms with E-state index in [-0.39, 0.29) is 31.4 Å². The summed E-state index contributed by atoms with van der Waals surface area (Å²) in [6.07, 6.45) is -2.95. The number of aryl methyl sites for hydroxylation is 1. The number of carbonyl (C=O) groups is 1. The van der Waals surface area contributed by atoms with Gasteiger partial charge in [-0.1, -0.05) is 6.07 Å². The van der Waals surface area contributed by atoms with Gasteiger partial charge >= 0.3 is 6.18 Å². The number of methoxy groups -OCH3 is 1. The van der Waals surface area contributed by atoms with Crippen LogP contribution in [0.25, 0.3) is 16.6 Å². The van der Waals surface area contributed by atoms with E-state index in [1.807, 2.05) is 6.92 Å². The number of nitrogens with zero attached hydrogens (tertiary/aromatic N) is 5. The van der Waals surface area contributed by atoms with E-state index in [2.05, 4.69) is 15.0 Å². The van der Waals surface area contributed by atoms with E-state index < -0.39 is 17.9 Å². The lowest BCUT2D eigenvalue weighted by Crippen LogP contribution is -2.37. The van der Waals surface area contributed by atoms with E-state index in [4.69, 9.17) is 15.2 Å². The quantitative estimate of drug-likeness (QED) is 0.456. The number of halogens is 3. The third-order valence-corrected chi connectivity index (χ3v) is 6.39. The highest BCUT2D eigenvalue weighted by Gasteiger charge is 2.36. The van der Waals surface area contributed by atoms with Crippen LogP contribution in [0.2, 0.25) is 0 Å². The number of pyridine rings is 1. The average Bonchev–Trinajstić information content (AvgIpc) is 3.24. The molecule has 36 heavy (non-hydrogen) atoms. The molecule has 0 radical (unpaired) electrons. The molecule has 4 aromatic rings. The lowest BCUT2D eigenvalue weighted by molar-refractivity contribution is -0.141. The van der Waals surface area contributed by atoms with Gasteiger partial charge in [0.1, 0.15) is 23.4 Å². The predicted molar refractivity (Wildman–Crippen MR) is 124 cm³/mol. The van der Waals surface area contributed by atoms with Crippen LogP contribution < -0.4 is 5.73 Å². The highest BCUT2D eigenvalue weighted by Crippen LogP contribution is 2.34. The molecule has 5 rings (SSSR count). The largest absolute Gasteiger partial charge is 0.433 e. The Hall–Kier alpha value is -3.77. The minimum absolute atomic E-state index is 0.0618. The topological polar surface area (TPSA) is 108 Å². The maximum atomic E-state index is 13.8. The Morgan fingerprint density at radius 2 is 2.08 bits per heavy atom. The van der Waals surface area contributed by atoms with Gasteiger partial charge in [-0.05, 0) is 30.7 Å². The number of anilines is 1. The molecule has 0 fully saturated rings. The Morgan fingerprint density at radius 1 is 1.31 bits per heavy atom. The standard InChI is InChI=1S/C24H23F3N6O3/c1-12-21-22(28)31-16-6-13(8-35-3)15(7-18(16)33(21)11-29-12)23(34)32(2)19-10-36-9-17-14(19)4-5-20(30-17)24(25,26)27/h4-7,11,19H,8-10H2,1-3H3,(H2,28,31)/t19-/m1/s1. The van der Waals surface area contributed by atoms with Crippen LogP contribution >= 0.6 is 0 Å². The van der Waals surface area contributed by atoms with Crippen molar-refractivity contribution in [3.8, 4) is 0 Å². The van der Waals surface area contributed by atoms with Gasteiger partial charge in [-0.3, -0.25) is 9.20 Å². The summed E-state index contributed by atoms with van der Waals surface area (Å²) < 4.78 is 52.1. The molecule has 0 saturated carbocycles. The molecule has 0 saturated heterocycles. The molecule has 4 heterocycles. The summed E-state index contributed by atoms with van der Waals surface area (Å²) in [5.74, 6) is -0.0362. The first-order valence-electron chi connectivity index (χ1n) is 11.1. The molecule has 1 aliphatic rings. The Balaban J connectivity index is 1.59. The van der Waals surface area contributed by atoms with Gasteiger partial charge in [-0.25, -0.2) is 15.0 Å². The van der Waals surface area contributed by atoms with Crippen molar-refractivity contribution in [1.29, 1.82) is 0 Å². The third-order valence-electron chi connectivity index (χ3n) is 6.39. The number of aromatic nitrogens is 4. The van der Waals surface area contributed by atoms with Gasteiger partial charge < -0.3 is 20.1 Å². The van der Waals surface area contributed by atoms with E-state index in [1.54, 1.807) is 29.9 Å². The van der Waals surface area contributed by atoms with Crippen molar-refractivity contribution < 1.29 is 27.4 Å². The summed E-state index contributed by atoms with van der Waals surface area (Å²) in [6, 6.07) is 5.12. The molecule has 3 aromatic heterocycles. The molecule has 0 aliphatic carbocycles. The van der Waals surface area contributed by atoms with E-state index in [9.17, 15) is 18.0 Å². The van der Waals surface area contributed by atoms with Gasteiger partial charge in [0.2, 0.25) is 0 Å². The lowest BCUT2D eigenvalue weighted by Gasteiger charge is -2.33. The van der Waals surface area contributed by atoms with Gasteiger partial charge in [0.05, 0.1) is 48.3 Å². The molecular formula is C24H23F3N6O3. The number of amides is 1. The SMILES string of the molecule is COCc1cc2nc(N)c3c(C)ncn3c2cc1C(=O)N(C)[C@@H]1COCc2nc(C(F)(F)F)ccc21. The Morgan fingerprint density at radius 3 is 2.81 bits per heavy atom. The number of rotatable bonds is 4. The fraction of sp³-hybridized carbons (Fsp3) is 0.333. The number of fused-ring (bicyclic) bond motifs is 4. The summed E-state index contributed by atoms with van der Waals surface area (Å²) in [5.41, 5.74) is 9.33. The molecule has 2 N–H and O–H groups in total. The molecule has 1 aliphatic heterocycles. The van der Waals surface area contributed by atoms with Crippen molar-refractivity contribution in [2.75, 3.05) is 26.5 Å². The molecule has 0 bridgehead atoms. The predicted octanol–water partition coefficient (Wildman–Crippen LogP) is 3.68. The van der Waals surface area contributed by atoms with Crippen molar-refractivity contribution in [3.63, 3.8) is 0 Å². The molecular weight excluding hydrogens is 477 g/mol. The number of hydrogen-bond donors (Lipinski definition) is 1. The number of carbonyl (C=O) groups excluding carboxylic acids is 1. The highest BCUT2D eigenvalue weighted by atomic mass is 19.4. The third kappa shape index (κ3) is 3.91. The van der Waals surface area contributed by atoms with E-state index >= 15 is 0 Å². The second kappa shape index (κ2) is 8.71. The Kier molecular flexibility index (Phi) is 5.80. The molecule has 9 nitrogen and oxygen atoms in total. The van der Waals surface area contributed by atoms with Crippen LogP contribution in [0, 0.1) is 6.92 Å². The van der Waals surface area contributed by atoms with Gasteiger partial charge in [0.15, 0.2) is 0 Å². The molecule has 0 unspecified atom stereocenters. The first-order chi connectivity index (χ1) is 17.1. The molecule has 1 atom stereocenters. The van der Waals surface area contributed by atoms with Gasteiger partial charge in [0, 0.05) is 25.3 Å². The minimum Gasteiger partial charge on any atom is -0.382 e. The maximum absolute atomic E-state index is 13.8. The van der Waals surface area contributed by atoms with Crippen molar-refractivity contribution in [2.45, 2.75) is 32.4 Å². The molecule has 1 aromatic carbocycles. The summed E-state index contributed by atoms with van der Waals surface area (Å²) >= 11 is 0. The number of alkyl halides is 3. The van der Waals surface area contributed by atoms with Crippen molar-refractivity contribution >= 4 is 28.3 Å². The zero-order chi connectivity index (χ0) is 25.8. The van der Waals surface area contributed by atoms with Crippen LogP contribution in [-0.4, -0.2) is 50.9 Å². The second-order valence-corrected chi connectivity index (χ2v) is 8.65. The fourth-order valence-corrected chi connectivity index (χ4v) is 4.59. The van der Waals surface area contributed by atoms with Crippen LogP contribution in [0.4, 0.5) is 19.0 Å². The molecule has 12 heteroatoms. The first-order valence-corrected chi connectivity index (χ1v) is 11.1. The van der Waals surface area contributed by atoms with E-state index in [0.717, 1.165) is 6.07 Å². The maximum Gasteiger partial charge on any atom is 0.433 e. The zero-order valence-electron chi connectivity index (χ0n) is 19.8.